The highest BCUT2D eigenvalue weighted by Crippen LogP contribution is 1.94. The van der Waals surface area contributed by atoms with E-state index in [9.17, 15) is 9.59 Å². The van der Waals surface area contributed by atoms with Crippen molar-refractivity contribution in [3.8, 4) is 0 Å². The summed E-state index contributed by atoms with van der Waals surface area (Å²) in [5.41, 5.74) is 0. The zero-order chi connectivity index (χ0) is 12.2. The van der Waals surface area contributed by atoms with E-state index in [1.165, 1.54) is 6.92 Å². The molecule has 0 heterocycles. The van der Waals surface area contributed by atoms with Gasteiger partial charge in [-0.25, -0.2) is 4.79 Å². The van der Waals surface area contributed by atoms with Gasteiger partial charge in [-0.2, -0.15) is 0 Å². The fourth-order valence-corrected chi connectivity index (χ4v) is 0.980. The zero-order valence-corrected chi connectivity index (χ0v) is 9.99. The quantitative estimate of drug-likeness (QED) is 0.443. The van der Waals surface area contributed by atoms with E-state index in [0.717, 1.165) is 19.3 Å². The number of hydrogen-bond acceptors (Lipinski definition) is 5. The Bertz CT molecular complexity index is 203. The molecule has 16 heavy (non-hydrogen) atoms. The van der Waals surface area contributed by atoms with Gasteiger partial charge in [0.15, 0.2) is 0 Å². The number of rotatable bonds is 9. The smallest absolute Gasteiger partial charge is 0.332 e. The molecule has 0 amide bonds. The molecule has 0 aliphatic heterocycles. The van der Waals surface area contributed by atoms with Gasteiger partial charge in [0.2, 0.25) is 0 Å². The van der Waals surface area contributed by atoms with E-state index in [1.807, 2.05) is 0 Å². The first-order chi connectivity index (χ1) is 7.66. The minimum Gasteiger partial charge on any atom is -0.464 e. The minimum atomic E-state index is -0.376. The molecule has 0 aromatic heterocycles. The van der Waals surface area contributed by atoms with E-state index in [4.69, 9.17) is 9.47 Å². The number of carbonyl (C=O) groups is 2. The molecule has 5 heteroatoms. The van der Waals surface area contributed by atoms with E-state index < -0.39 is 0 Å². The molecule has 0 fully saturated rings. The van der Waals surface area contributed by atoms with Gasteiger partial charge in [-0.15, -0.1) is 0 Å². The van der Waals surface area contributed by atoms with Crippen molar-refractivity contribution in [3.05, 3.63) is 0 Å². The van der Waals surface area contributed by atoms with Crippen LogP contribution >= 0.6 is 0 Å². The molecular formula is C11H20O5. The highest BCUT2D eigenvalue weighted by atomic mass is 16.6. The Morgan fingerprint density at radius 3 is 2.38 bits per heavy atom. The van der Waals surface area contributed by atoms with E-state index >= 15 is 0 Å². The highest BCUT2D eigenvalue weighted by molar-refractivity contribution is 5.70. The van der Waals surface area contributed by atoms with Crippen LogP contribution in [0.25, 0.3) is 0 Å². The van der Waals surface area contributed by atoms with Gasteiger partial charge in [0, 0.05) is 6.92 Å². The molecule has 0 saturated heterocycles. The normalized spacial score (nSPS) is 9.88. The SMILES string of the molecule is CCCCCOC(=O)COCCOC(C)=O. The summed E-state index contributed by atoms with van der Waals surface area (Å²) in [6.07, 6.45) is 3.03. The van der Waals surface area contributed by atoms with Crippen molar-refractivity contribution in [3.63, 3.8) is 0 Å². The van der Waals surface area contributed by atoms with E-state index in [0.29, 0.717) is 6.61 Å². The summed E-state index contributed by atoms with van der Waals surface area (Å²) in [5.74, 6) is -0.732. The Balaban J connectivity index is 3.20. The van der Waals surface area contributed by atoms with Gasteiger partial charge in [0.25, 0.3) is 0 Å². The summed E-state index contributed by atoms with van der Waals surface area (Å²) in [4.78, 5) is 21.4. The number of unbranched alkanes of at least 4 members (excludes halogenated alkanes) is 2. The van der Waals surface area contributed by atoms with Crippen molar-refractivity contribution in [2.45, 2.75) is 33.1 Å². The van der Waals surface area contributed by atoms with Crippen LogP contribution in [-0.2, 0) is 23.8 Å². The minimum absolute atomic E-state index is 0.0899. The van der Waals surface area contributed by atoms with E-state index in [-0.39, 0.29) is 31.8 Å². The second kappa shape index (κ2) is 10.4. The topological polar surface area (TPSA) is 61.8 Å². The van der Waals surface area contributed by atoms with Crippen LogP contribution in [0.5, 0.6) is 0 Å². The molecule has 0 bridgehead atoms. The number of esters is 2. The predicted molar refractivity (Wildman–Crippen MR) is 57.9 cm³/mol. The van der Waals surface area contributed by atoms with Crippen LogP contribution < -0.4 is 0 Å². The average molecular weight is 232 g/mol. The maximum absolute atomic E-state index is 11.0. The lowest BCUT2D eigenvalue weighted by Crippen LogP contribution is -2.16. The van der Waals surface area contributed by atoms with Crippen molar-refractivity contribution in [2.75, 3.05) is 26.4 Å². The molecular weight excluding hydrogens is 212 g/mol. The van der Waals surface area contributed by atoms with Crippen LogP contribution in [0.4, 0.5) is 0 Å². The Morgan fingerprint density at radius 2 is 1.75 bits per heavy atom. The highest BCUT2D eigenvalue weighted by Gasteiger charge is 2.02. The number of carbonyl (C=O) groups excluding carboxylic acids is 2. The molecule has 0 N–H and O–H groups in total. The Hall–Kier alpha value is -1.10. The van der Waals surface area contributed by atoms with Gasteiger partial charge < -0.3 is 14.2 Å². The third-order valence-corrected chi connectivity index (χ3v) is 1.76. The van der Waals surface area contributed by atoms with Crippen molar-refractivity contribution in [1.82, 2.24) is 0 Å². The van der Waals surface area contributed by atoms with E-state index in [1.54, 1.807) is 0 Å². The molecule has 0 spiro atoms. The summed E-state index contributed by atoms with van der Waals surface area (Å²) in [6.45, 7) is 4.14. The predicted octanol–water partition coefficient (Wildman–Crippen LogP) is 1.30. The fourth-order valence-electron chi connectivity index (χ4n) is 0.980. The largest absolute Gasteiger partial charge is 0.464 e. The first-order valence-corrected chi connectivity index (χ1v) is 5.53. The van der Waals surface area contributed by atoms with Crippen LogP contribution in [0.1, 0.15) is 33.1 Å². The van der Waals surface area contributed by atoms with Crippen molar-refractivity contribution in [2.24, 2.45) is 0 Å². The number of hydrogen-bond donors (Lipinski definition) is 0. The maximum Gasteiger partial charge on any atom is 0.332 e. The second-order valence-electron chi connectivity index (χ2n) is 3.32. The van der Waals surface area contributed by atoms with Gasteiger partial charge in [0.1, 0.15) is 13.2 Å². The van der Waals surface area contributed by atoms with Crippen molar-refractivity contribution in [1.29, 1.82) is 0 Å². The van der Waals surface area contributed by atoms with Gasteiger partial charge in [0.05, 0.1) is 13.2 Å². The third kappa shape index (κ3) is 11.0. The first-order valence-electron chi connectivity index (χ1n) is 5.53. The molecule has 0 saturated carbocycles. The molecule has 0 atom stereocenters. The molecule has 94 valence electrons. The summed E-state index contributed by atoms with van der Waals surface area (Å²) in [7, 11) is 0. The molecule has 0 aliphatic carbocycles. The number of ether oxygens (including phenoxy) is 3. The Morgan fingerprint density at radius 1 is 1.00 bits per heavy atom. The summed E-state index contributed by atoms with van der Waals surface area (Å²) < 4.78 is 14.5. The second-order valence-corrected chi connectivity index (χ2v) is 3.32. The average Bonchev–Trinajstić information content (AvgIpc) is 2.23. The molecule has 0 radical (unpaired) electrons. The Labute approximate surface area is 96.1 Å². The van der Waals surface area contributed by atoms with Crippen LogP contribution in [0, 0.1) is 0 Å². The lowest BCUT2D eigenvalue weighted by Gasteiger charge is -2.05. The van der Waals surface area contributed by atoms with Crippen LogP contribution in [0.15, 0.2) is 0 Å². The molecule has 0 aromatic rings. The van der Waals surface area contributed by atoms with E-state index in [2.05, 4.69) is 11.7 Å². The summed E-state index contributed by atoms with van der Waals surface area (Å²) in [5, 5.41) is 0. The van der Waals surface area contributed by atoms with Crippen LogP contribution in [-0.4, -0.2) is 38.4 Å². The monoisotopic (exact) mass is 232 g/mol. The zero-order valence-electron chi connectivity index (χ0n) is 9.99. The molecule has 0 aliphatic rings. The summed E-state index contributed by atoms with van der Waals surface area (Å²) in [6, 6.07) is 0. The van der Waals surface area contributed by atoms with Crippen molar-refractivity contribution < 1.29 is 23.8 Å². The first kappa shape index (κ1) is 14.9. The summed E-state index contributed by atoms with van der Waals surface area (Å²) >= 11 is 0. The molecule has 0 aromatic carbocycles. The lowest BCUT2D eigenvalue weighted by molar-refractivity contribution is -0.150. The Kier molecular flexibility index (Phi) is 9.70. The van der Waals surface area contributed by atoms with Crippen molar-refractivity contribution >= 4 is 11.9 Å². The van der Waals surface area contributed by atoms with Crippen LogP contribution in [0.2, 0.25) is 0 Å². The molecule has 5 nitrogen and oxygen atoms in total. The lowest BCUT2D eigenvalue weighted by atomic mass is 10.3. The standard InChI is InChI=1S/C11H20O5/c1-3-4-5-6-16-11(13)9-14-7-8-15-10(2)12/h3-9H2,1-2H3. The molecule has 0 unspecified atom stereocenters. The van der Waals surface area contributed by atoms with Gasteiger partial charge in [-0.3, -0.25) is 4.79 Å². The third-order valence-electron chi connectivity index (χ3n) is 1.76. The fraction of sp³-hybridized carbons (Fsp3) is 0.818. The molecule has 0 rings (SSSR count). The van der Waals surface area contributed by atoms with Gasteiger partial charge in [-0.05, 0) is 6.42 Å². The van der Waals surface area contributed by atoms with Gasteiger partial charge >= 0.3 is 11.9 Å². The maximum atomic E-state index is 11.0. The van der Waals surface area contributed by atoms with Crippen LogP contribution in [0.3, 0.4) is 0 Å². The van der Waals surface area contributed by atoms with Gasteiger partial charge in [-0.1, -0.05) is 19.8 Å².